The molecule has 6 nitrogen and oxygen atoms in total. The lowest BCUT2D eigenvalue weighted by molar-refractivity contribution is -0.150. The van der Waals surface area contributed by atoms with Gasteiger partial charge in [0.05, 0.1) is 4.90 Å². The molecule has 0 N–H and O–H groups in total. The maximum atomic E-state index is 13.0. The molecule has 8 heteroatoms. The molecule has 1 aromatic carbocycles. The van der Waals surface area contributed by atoms with Gasteiger partial charge in [-0.2, -0.15) is 0 Å². The molecule has 1 saturated heterocycles. The average molecular weight is 369 g/mol. The molecule has 1 aromatic rings. The number of hydrogen-bond acceptors (Lipinski definition) is 4. The van der Waals surface area contributed by atoms with Crippen LogP contribution in [0.25, 0.3) is 0 Å². The molecule has 137 valence electrons. The van der Waals surface area contributed by atoms with E-state index in [2.05, 4.69) is 4.72 Å². The summed E-state index contributed by atoms with van der Waals surface area (Å²) in [5, 5.41) is 0. The number of Topliss-reactive ketones (excluding diaryl/α,β-unsaturated/α-hetero) is 1. The van der Waals surface area contributed by atoms with Crippen molar-refractivity contribution in [3.8, 4) is 0 Å². The Morgan fingerprint density at radius 2 is 1.88 bits per heavy atom. The van der Waals surface area contributed by atoms with Crippen molar-refractivity contribution in [2.45, 2.75) is 51.1 Å². The minimum absolute atomic E-state index is 0.145. The van der Waals surface area contributed by atoms with Gasteiger partial charge < -0.3 is 4.90 Å². The normalized spacial score (nSPS) is 18.4. The zero-order valence-electron chi connectivity index (χ0n) is 14.5. The molecule has 1 radical (unpaired) electrons. The fourth-order valence-corrected chi connectivity index (χ4v) is 3.64. The molecule has 1 amide bonds. The number of sulfonamides is 1. The molecule has 0 aliphatic carbocycles. The fourth-order valence-electron chi connectivity index (χ4n) is 2.50. The molecular weight excluding hydrogens is 347 g/mol. The molecule has 0 bridgehead atoms. The van der Waals surface area contributed by atoms with Gasteiger partial charge >= 0.3 is 0 Å². The van der Waals surface area contributed by atoms with Gasteiger partial charge in [0.1, 0.15) is 12.0 Å². The molecule has 0 saturated carbocycles. The van der Waals surface area contributed by atoms with Gasteiger partial charge in [0.25, 0.3) is 15.9 Å². The first-order valence-electron chi connectivity index (χ1n) is 8.16. The van der Waals surface area contributed by atoms with Crippen LogP contribution in [0, 0.1) is 11.2 Å². The molecule has 0 spiro atoms. The molecule has 1 fully saturated rings. The molecule has 2 rings (SSSR count). The third kappa shape index (κ3) is 4.24. The Morgan fingerprint density at radius 3 is 2.44 bits per heavy atom. The number of rotatable bonds is 6. The first kappa shape index (κ1) is 19.5. The lowest BCUT2D eigenvalue weighted by atomic mass is 9.84. The topological polar surface area (TPSA) is 85.6 Å². The van der Waals surface area contributed by atoms with Gasteiger partial charge in [0.15, 0.2) is 0 Å². The Hall–Kier alpha value is -1.80. The number of nitrogens with zero attached hydrogens (tertiary/aromatic N) is 2. The molecular formula is C17H22FN2O4S. The van der Waals surface area contributed by atoms with Crippen LogP contribution in [0.4, 0.5) is 4.39 Å². The zero-order valence-corrected chi connectivity index (χ0v) is 15.3. The van der Waals surface area contributed by atoms with Gasteiger partial charge in [-0.1, -0.05) is 25.5 Å². The first-order chi connectivity index (χ1) is 11.6. The second-order valence-electron chi connectivity index (χ2n) is 6.72. The SMILES string of the molecule is CCC(C)(C)C(=O)C(=O)N1CCCC1[N]S(=O)(=O)c1ccc(F)cc1. The maximum Gasteiger partial charge on any atom is 0.291 e. The van der Waals surface area contributed by atoms with E-state index in [4.69, 9.17) is 0 Å². The summed E-state index contributed by atoms with van der Waals surface area (Å²) < 4.78 is 41.5. The Kier molecular flexibility index (Phi) is 5.63. The van der Waals surface area contributed by atoms with Gasteiger partial charge in [-0.25, -0.2) is 12.8 Å². The summed E-state index contributed by atoms with van der Waals surface area (Å²) in [6.07, 6.45) is 0.533. The van der Waals surface area contributed by atoms with Crippen molar-refractivity contribution in [3.63, 3.8) is 0 Å². The number of carbonyl (C=O) groups excluding carboxylic acids is 2. The highest BCUT2D eigenvalue weighted by Crippen LogP contribution is 2.26. The van der Waals surface area contributed by atoms with E-state index in [1.165, 1.54) is 4.90 Å². The van der Waals surface area contributed by atoms with Gasteiger partial charge in [-0.15, -0.1) is 0 Å². The summed E-state index contributed by atoms with van der Waals surface area (Å²) in [5.74, 6) is -1.80. The molecule has 25 heavy (non-hydrogen) atoms. The number of likely N-dealkylation sites (tertiary alicyclic amines) is 1. The molecule has 0 aromatic heterocycles. The van der Waals surface area contributed by atoms with E-state index in [-0.39, 0.29) is 11.4 Å². The van der Waals surface area contributed by atoms with Gasteiger partial charge in [-0.05, 0) is 43.5 Å². The molecule has 1 heterocycles. The van der Waals surface area contributed by atoms with Crippen LogP contribution in [0.2, 0.25) is 0 Å². The van der Waals surface area contributed by atoms with E-state index in [0.717, 1.165) is 24.3 Å². The van der Waals surface area contributed by atoms with Crippen molar-refractivity contribution >= 4 is 21.7 Å². The minimum atomic E-state index is -4.04. The number of carbonyl (C=O) groups is 2. The Balaban J connectivity index is 2.17. The highest BCUT2D eigenvalue weighted by atomic mass is 32.2. The van der Waals surface area contributed by atoms with E-state index in [1.54, 1.807) is 13.8 Å². The third-order valence-electron chi connectivity index (χ3n) is 4.55. The molecule has 1 aliphatic heterocycles. The first-order valence-corrected chi connectivity index (χ1v) is 9.60. The summed E-state index contributed by atoms with van der Waals surface area (Å²) in [6.45, 7) is 5.48. The number of benzene rings is 1. The lowest BCUT2D eigenvalue weighted by Crippen LogP contribution is -2.48. The Morgan fingerprint density at radius 1 is 1.28 bits per heavy atom. The van der Waals surface area contributed by atoms with Crippen molar-refractivity contribution in [3.05, 3.63) is 30.1 Å². The van der Waals surface area contributed by atoms with Crippen LogP contribution >= 0.6 is 0 Å². The number of hydrogen-bond donors (Lipinski definition) is 0. The van der Waals surface area contributed by atoms with Gasteiger partial charge in [0, 0.05) is 12.0 Å². The van der Waals surface area contributed by atoms with Gasteiger partial charge in [-0.3, -0.25) is 9.59 Å². The number of ketones is 1. The molecule has 1 atom stereocenters. The van der Waals surface area contributed by atoms with Crippen molar-refractivity contribution in [2.24, 2.45) is 5.41 Å². The summed E-state index contributed by atoms with van der Waals surface area (Å²) in [5.41, 5.74) is -0.806. The van der Waals surface area contributed by atoms with Crippen molar-refractivity contribution in [1.29, 1.82) is 0 Å². The van der Waals surface area contributed by atoms with Crippen LogP contribution in [0.3, 0.4) is 0 Å². The van der Waals surface area contributed by atoms with Crippen molar-refractivity contribution in [2.75, 3.05) is 6.54 Å². The lowest BCUT2D eigenvalue weighted by Gasteiger charge is -2.27. The highest BCUT2D eigenvalue weighted by Gasteiger charge is 2.40. The van der Waals surface area contributed by atoms with E-state index < -0.39 is 39.1 Å². The van der Waals surface area contributed by atoms with Gasteiger partial charge in [0.2, 0.25) is 5.78 Å². The minimum Gasteiger partial charge on any atom is -0.318 e. The maximum absolute atomic E-state index is 13.0. The summed E-state index contributed by atoms with van der Waals surface area (Å²) in [4.78, 5) is 26.0. The Bertz CT molecular complexity index is 759. The smallest absolute Gasteiger partial charge is 0.291 e. The monoisotopic (exact) mass is 369 g/mol. The van der Waals surface area contributed by atoms with Crippen LogP contribution in [0.15, 0.2) is 29.2 Å². The molecule has 1 unspecified atom stereocenters. The van der Waals surface area contributed by atoms with Crippen molar-refractivity contribution in [1.82, 2.24) is 9.62 Å². The summed E-state index contributed by atoms with van der Waals surface area (Å²) in [7, 11) is -4.04. The molecule has 1 aliphatic rings. The van der Waals surface area contributed by atoms with E-state index >= 15 is 0 Å². The van der Waals surface area contributed by atoms with Crippen LogP contribution < -0.4 is 4.72 Å². The highest BCUT2D eigenvalue weighted by molar-refractivity contribution is 7.89. The van der Waals surface area contributed by atoms with Crippen LogP contribution in [0.1, 0.15) is 40.0 Å². The summed E-state index contributed by atoms with van der Waals surface area (Å²) in [6, 6.07) is 4.32. The average Bonchev–Trinajstić information content (AvgIpc) is 3.01. The predicted molar refractivity (Wildman–Crippen MR) is 89.5 cm³/mol. The Labute approximate surface area is 147 Å². The number of halogens is 1. The standard InChI is InChI=1S/C17H22FN2O4S/c1-4-17(2,3)15(21)16(22)20-11-5-6-14(20)19-25(23,24)13-9-7-12(18)8-10-13/h7-10,14H,4-6,11H2,1-3H3. The quantitative estimate of drug-likeness (QED) is 0.719. The zero-order chi connectivity index (χ0) is 18.8. The second-order valence-corrected chi connectivity index (χ2v) is 8.35. The number of amides is 1. The largest absolute Gasteiger partial charge is 0.318 e. The fraction of sp³-hybridized carbons (Fsp3) is 0.529. The second kappa shape index (κ2) is 7.21. The summed E-state index contributed by atoms with van der Waals surface area (Å²) >= 11 is 0. The van der Waals surface area contributed by atoms with E-state index in [9.17, 15) is 22.4 Å². The van der Waals surface area contributed by atoms with Crippen LogP contribution in [-0.2, 0) is 19.6 Å². The van der Waals surface area contributed by atoms with E-state index in [1.807, 2.05) is 6.92 Å². The van der Waals surface area contributed by atoms with E-state index in [0.29, 0.717) is 19.3 Å². The van der Waals surface area contributed by atoms with Crippen LogP contribution in [0.5, 0.6) is 0 Å². The van der Waals surface area contributed by atoms with Crippen molar-refractivity contribution < 1.29 is 22.4 Å². The predicted octanol–water partition coefficient (Wildman–Crippen LogP) is 2.07. The van der Waals surface area contributed by atoms with Crippen LogP contribution in [-0.4, -0.2) is 37.7 Å². The third-order valence-corrected chi connectivity index (χ3v) is 5.94.